The van der Waals surface area contributed by atoms with E-state index in [0.29, 0.717) is 36.9 Å². The molecule has 3 aromatic rings. The van der Waals surface area contributed by atoms with Crippen LogP contribution in [0.5, 0.6) is 0 Å². The van der Waals surface area contributed by atoms with E-state index in [-0.39, 0.29) is 17.6 Å². The molecule has 138 valence electrons. The number of likely N-dealkylation sites (tertiary alicyclic amines) is 1. The molecule has 0 saturated carbocycles. The lowest BCUT2D eigenvalue weighted by molar-refractivity contribution is 0.0692. The summed E-state index contributed by atoms with van der Waals surface area (Å²) in [6, 6.07) is 11.8. The zero-order chi connectivity index (χ0) is 18.6. The number of hydrogen-bond acceptors (Lipinski definition) is 4. The van der Waals surface area contributed by atoms with E-state index in [1.807, 2.05) is 17.0 Å². The van der Waals surface area contributed by atoms with Gasteiger partial charge < -0.3 is 9.32 Å². The number of nitrogens with zero attached hydrogens (tertiary/aromatic N) is 3. The number of rotatable bonds is 4. The fourth-order valence-corrected chi connectivity index (χ4v) is 3.46. The van der Waals surface area contributed by atoms with Gasteiger partial charge in [-0.2, -0.15) is 0 Å². The molecule has 6 heteroatoms. The topological polar surface area (TPSA) is 59.2 Å². The van der Waals surface area contributed by atoms with E-state index in [9.17, 15) is 9.18 Å². The molecule has 1 unspecified atom stereocenters. The third-order valence-corrected chi connectivity index (χ3v) is 4.78. The maximum absolute atomic E-state index is 13.3. The van der Waals surface area contributed by atoms with Crippen LogP contribution in [0.4, 0.5) is 4.39 Å². The van der Waals surface area contributed by atoms with Crippen LogP contribution in [-0.2, 0) is 6.42 Å². The molecule has 0 bridgehead atoms. The predicted octanol–water partition coefficient (Wildman–Crippen LogP) is 3.82. The van der Waals surface area contributed by atoms with E-state index in [1.54, 1.807) is 30.6 Å². The van der Waals surface area contributed by atoms with Gasteiger partial charge in [-0.3, -0.25) is 9.78 Å². The van der Waals surface area contributed by atoms with Gasteiger partial charge in [-0.15, -0.1) is 0 Å². The summed E-state index contributed by atoms with van der Waals surface area (Å²) < 4.78 is 19.2. The van der Waals surface area contributed by atoms with Gasteiger partial charge in [0.25, 0.3) is 5.91 Å². The van der Waals surface area contributed by atoms with Gasteiger partial charge in [0, 0.05) is 25.7 Å². The molecule has 3 heterocycles. The SMILES string of the molecule is O=C(c1ccccn1)N1CCCC(c2ncc(Cc3cccc(F)c3)o2)C1. The fraction of sp³-hybridized carbons (Fsp3) is 0.286. The van der Waals surface area contributed by atoms with Gasteiger partial charge in [-0.1, -0.05) is 18.2 Å². The standard InChI is InChI=1S/C21H20FN3O2/c22-17-7-3-5-15(11-17)12-18-13-24-20(27-18)16-6-4-10-25(14-16)21(26)19-8-1-2-9-23-19/h1-3,5,7-9,11,13,16H,4,6,10,12,14H2. The number of oxazole rings is 1. The predicted molar refractivity (Wildman–Crippen MR) is 97.8 cm³/mol. The van der Waals surface area contributed by atoms with Crippen molar-refractivity contribution in [2.75, 3.05) is 13.1 Å². The number of carbonyl (C=O) groups excluding carboxylic acids is 1. The Morgan fingerprint density at radius 3 is 2.96 bits per heavy atom. The van der Waals surface area contributed by atoms with Gasteiger partial charge in [0.05, 0.1) is 12.1 Å². The molecular formula is C21H20FN3O2. The lowest BCUT2D eigenvalue weighted by atomic mass is 9.97. The summed E-state index contributed by atoms with van der Waals surface area (Å²) in [6.45, 7) is 1.28. The van der Waals surface area contributed by atoms with Crippen molar-refractivity contribution in [3.8, 4) is 0 Å². The Balaban J connectivity index is 1.44. The molecule has 0 radical (unpaired) electrons. The number of pyridine rings is 1. The first-order valence-electron chi connectivity index (χ1n) is 9.08. The third kappa shape index (κ3) is 4.05. The Bertz CT molecular complexity index is 926. The molecule has 0 spiro atoms. The second-order valence-corrected chi connectivity index (χ2v) is 6.78. The lowest BCUT2D eigenvalue weighted by Crippen LogP contribution is -2.39. The van der Waals surface area contributed by atoms with Crippen LogP contribution in [0, 0.1) is 5.82 Å². The summed E-state index contributed by atoms with van der Waals surface area (Å²) >= 11 is 0. The molecule has 1 aliphatic heterocycles. The highest BCUT2D eigenvalue weighted by atomic mass is 19.1. The van der Waals surface area contributed by atoms with E-state index in [1.165, 1.54) is 12.1 Å². The molecular weight excluding hydrogens is 345 g/mol. The first-order chi connectivity index (χ1) is 13.2. The van der Waals surface area contributed by atoms with Crippen molar-refractivity contribution in [1.82, 2.24) is 14.9 Å². The van der Waals surface area contributed by atoms with Crippen LogP contribution < -0.4 is 0 Å². The van der Waals surface area contributed by atoms with Gasteiger partial charge in [-0.25, -0.2) is 9.37 Å². The first kappa shape index (κ1) is 17.4. The minimum Gasteiger partial charge on any atom is -0.445 e. The van der Waals surface area contributed by atoms with E-state index < -0.39 is 0 Å². The zero-order valence-corrected chi connectivity index (χ0v) is 14.8. The molecule has 1 saturated heterocycles. The Labute approximate surface area is 156 Å². The molecule has 0 aliphatic carbocycles. The number of aromatic nitrogens is 2. The molecule has 5 nitrogen and oxygen atoms in total. The van der Waals surface area contributed by atoms with Gasteiger partial charge in [0.2, 0.25) is 0 Å². The van der Waals surface area contributed by atoms with Gasteiger partial charge in [0.1, 0.15) is 17.3 Å². The van der Waals surface area contributed by atoms with Crippen LogP contribution in [0.1, 0.15) is 46.5 Å². The number of benzene rings is 1. The Morgan fingerprint density at radius 2 is 2.15 bits per heavy atom. The molecule has 1 aromatic carbocycles. The molecule has 1 aliphatic rings. The summed E-state index contributed by atoms with van der Waals surface area (Å²) in [6.07, 6.45) is 5.63. The monoisotopic (exact) mass is 365 g/mol. The smallest absolute Gasteiger partial charge is 0.272 e. The van der Waals surface area contributed by atoms with Crippen LogP contribution >= 0.6 is 0 Å². The second-order valence-electron chi connectivity index (χ2n) is 6.78. The summed E-state index contributed by atoms with van der Waals surface area (Å²) in [5.74, 6) is 1.08. The van der Waals surface area contributed by atoms with Crippen LogP contribution in [-0.4, -0.2) is 33.9 Å². The molecule has 27 heavy (non-hydrogen) atoms. The van der Waals surface area contributed by atoms with E-state index >= 15 is 0 Å². The van der Waals surface area contributed by atoms with E-state index in [0.717, 1.165) is 18.4 Å². The molecule has 1 fully saturated rings. The van der Waals surface area contributed by atoms with Crippen LogP contribution in [0.3, 0.4) is 0 Å². The van der Waals surface area contributed by atoms with Crippen LogP contribution in [0.15, 0.2) is 59.3 Å². The molecule has 2 aromatic heterocycles. The molecule has 4 rings (SSSR count). The largest absolute Gasteiger partial charge is 0.445 e. The quantitative estimate of drug-likeness (QED) is 0.705. The maximum atomic E-state index is 13.3. The van der Waals surface area contributed by atoms with Gasteiger partial charge in [-0.05, 0) is 42.7 Å². The van der Waals surface area contributed by atoms with Crippen molar-refractivity contribution in [3.63, 3.8) is 0 Å². The Hall–Kier alpha value is -3.02. The first-order valence-corrected chi connectivity index (χ1v) is 9.08. The number of piperidine rings is 1. The van der Waals surface area contributed by atoms with Crippen molar-refractivity contribution in [2.24, 2.45) is 0 Å². The summed E-state index contributed by atoms with van der Waals surface area (Å²) in [7, 11) is 0. The van der Waals surface area contributed by atoms with Crippen molar-refractivity contribution < 1.29 is 13.6 Å². The van der Waals surface area contributed by atoms with Crippen molar-refractivity contribution >= 4 is 5.91 Å². The highest BCUT2D eigenvalue weighted by Crippen LogP contribution is 2.28. The number of hydrogen-bond donors (Lipinski definition) is 0. The van der Waals surface area contributed by atoms with Gasteiger partial charge in [0.15, 0.2) is 5.89 Å². The average Bonchev–Trinajstić information content (AvgIpc) is 3.17. The van der Waals surface area contributed by atoms with Crippen molar-refractivity contribution in [1.29, 1.82) is 0 Å². The van der Waals surface area contributed by atoms with Crippen LogP contribution in [0.2, 0.25) is 0 Å². The van der Waals surface area contributed by atoms with E-state index in [4.69, 9.17) is 4.42 Å². The van der Waals surface area contributed by atoms with Gasteiger partial charge >= 0.3 is 0 Å². The zero-order valence-electron chi connectivity index (χ0n) is 14.8. The normalized spacial score (nSPS) is 17.1. The number of carbonyl (C=O) groups is 1. The minimum atomic E-state index is -0.261. The molecule has 0 N–H and O–H groups in total. The van der Waals surface area contributed by atoms with Crippen molar-refractivity contribution in [2.45, 2.75) is 25.2 Å². The number of halogens is 1. The summed E-state index contributed by atoms with van der Waals surface area (Å²) in [4.78, 5) is 23.0. The second kappa shape index (κ2) is 7.70. The minimum absolute atomic E-state index is 0.0627. The molecule has 1 amide bonds. The third-order valence-electron chi connectivity index (χ3n) is 4.78. The number of amides is 1. The summed E-state index contributed by atoms with van der Waals surface area (Å²) in [5, 5.41) is 0. The van der Waals surface area contributed by atoms with Crippen molar-refractivity contribution in [3.05, 3.63) is 83.6 Å². The summed E-state index contributed by atoms with van der Waals surface area (Å²) in [5.41, 5.74) is 1.30. The van der Waals surface area contributed by atoms with E-state index in [2.05, 4.69) is 9.97 Å². The Morgan fingerprint density at radius 1 is 1.22 bits per heavy atom. The Kier molecular flexibility index (Phi) is 4.96. The average molecular weight is 365 g/mol. The maximum Gasteiger partial charge on any atom is 0.272 e. The molecule has 1 atom stereocenters. The lowest BCUT2D eigenvalue weighted by Gasteiger charge is -2.31. The fourth-order valence-electron chi connectivity index (χ4n) is 3.46. The highest BCUT2D eigenvalue weighted by molar-refractivity contribution is 5.92. The van der Waals surface area contributed by atoms with Crippen LogP contribution in [0.25, 0.3) is 0 Å². The highest BCUT2D eigenvalue weighted by Gasteiger charge is 2.28.